The molecular weight excluding hydrogens is 272 g/mol. The smallest absolute Gasteiger partial charge is 0.0796 e. The minimum Gasteiger partial charge on any atom is -0.370 e. The van der Waals surface area contributed by atoms with E-state index < -0.39 is 0 Å². The van der Waals surface area contributed by atoms with Gasteiger partial charge in [0.05, 0.1) is 17.9 Å². The summed E-state index contributed by atoms with van der Waals surface area (Å²) in [5.74, 6) is 0. The van der Waals surface area contributed by atoms with Crippen molar-refractivity contribution in [3.8, 4) is 0 Å². The number of aromatic amines is 1. The van der Waals surface area contributed by atoms with Gasteiger partial charge in [-0.3, -0.25) is 10.00 Å². The summed E-state index contributed by atoms with van der Waals surface area (Å²) >= 11 is 0. The fourth-order valence-corrected chi connectivity index (χ4v) is 3.22. The van der Waals surface area contributed by atoms with Crippen molar-refractivity contribution in [3.05, 3.63) is 60.3 Å². The van der Waals surface area contributed by atoms with Crippen molar-refractivity contribution in [2.75, 3.05) is 11.9 Å². The number of likely N-dealkylation sites (tertiary alicyclic amines) is 1. The highest BCUT2D eigenvalue weighted by Gasteiger charge is 2.24. The molecule has 0 aliphatic carbocycles. The molecule has 0 amide bonds. The minimum absolute atomic E-state index is 0.407. The minimum atomic E-state index is 0.407. The first-order valence-corrected chi connectivity index (χ1v) is 7.86. The van der Waals surface area contributed by atoms with Crippen molar-refractivity contribution in [1.82, 2.24) is 15.1 Å². The third-order valence-corrected chi connectivity index (χ3v) is 4.37. The Bertz CT molecular complexity index is 750. The maximum Gasteiger partial charge on any atom is 0.0796 e. The second kappa shape index (κ2) is 5.81. The van der Waals surface area contributed by atoms with Gasteiger partial charge < -0.3 is 5.32 Å². The number of nitrogens with zero attached hydrogens (tertiary/aromatic N) is 2. The van der Waals surface area contributed by atoms with Crippen LogP contribution in [0.3, 0.4) is 0 Å². The molecule has 0 spiro atoms. The molecule has 1 aromatic heterocycles. The Balaban J connectivity index is 1.48. The van der Waals surface area contributed by atoms with Crippen molar-refractivity contribution in [1.29, 1.82) is 0 Å². The van der Waals surface area contributed by atoms with Crippen molar-refractivity contribution >= 4 is 16.6 Å². The van der Waals surface area contributed by atoms with E-state index in [0.29, 0.717) is 6.17 Å². The molecule has 22 heavy (non-hydrogen) atoms. The maximum atomic E-state index is 4.08. The highest BCUT2D eigenvalue weighted by molar-refractivity contribution is 5.81. The molecule has 0 radical (unpaired) electrons. The van der Waals surface area contributed by atoms with Crippen molar-refractivity contribution in [2.24, 2.45) is 0 Å². The highest BCUT2D eigenvalue weighted by atomic mass is 15.3. The van der Waals surface area contributed by atoms with Crippen LogP contribution in [0.25, 0.3) is 10.9 Å². The monoisotopic (exact) mass is 292 g/mol. The Morgan fingerprint density at radius 1 is 1.18 bits per heavy atom. The number of hydrogen-bond acceptors (Lipinski definition) is 3. The highest BCUT2D eigenvalue weighted by Crippen LogP contribution is 2.24. The number of nitrogens with one attached hydrogen (secondary N) is 2. The largest absolute Gasteiger partial charge is 0.370 e. The Hall–Kier alpha value is -2.33. The van der Waals surface area contributed by atoms with Crippen molar-refractivity contribution < 1.29 is 0 Å². The topological polar surface area (TPSA) is 44.0 Å². The summed E-state index contributed by atoms with van der Waals surface area (Å²) in [4.78, 5) is 2.52. The lowest BCUT2D eigenvalue weighted by atomic mass is 10.2. The first kappa shape index (κ1) is 13.3. The maximum absolute atomic E-state index is 4.08. The summed E-state index contributed by atoms with van der Waals surface area (Å²) in [6.45, 7) is 2.16. The quantitative estimate of drug-likeness (QED) is 0.772. The molecule has 3 aromatic rings. The van der Waals surface area contributed by atoms with Gasteiger partial charge in [-0.15, -0.1) is 0 Å². The summed E-state index contributed by atoms with van der Waals surface area (Å²) in [6, 6.07) is 17.1. The molecular formula is C18H20N4. The molecule has 1 aliphatic rings. The predicted molar refractivity (Wildman–Crippen MR) is 89.6 cm³/mol. The first-order chi connectivity index (χ1) is 10.9. The summed E-state index contributed by atoms with van der Waals surface area (Å²) < 4.78 is 0. The van der Waals surface area contributed by atoms with Gasteiger partial charge in [-0.25, -0.2) is 0 Å². The molecule has 1 unspecified atom stereocenters. The molecule has 4 nitrogen and oxygen atoms in total. The molecule has 2 heterocycles. The van der Waals surface area contributed by atoms with E-state index in [1.54, 1.807) is 0 Å². The number of hydrogen-bond donors (Lipinski definition) is 2. The third kappa shape index (κ3) is 2.70. The molecule has 1 fully saturated rings. The van der Waals surface area contributed by atoms with E-state index in [2.05, 4.69) is 68.9 Å². The molecule has 2 aromatic carbocycles. The van der Waals surface area contributed by atoms with Gasteiger partial charge in [0.1, 0.15) is 0 Å². The Labute approximate surface area is 130 Å². The normalized spacial score (nSPS) is 18.8. The van der Waals surface area contributed by atoms with E-state index in [1.807, 2.05) is 6.20 Å². The standard InChI is InChI=1S/C18H20N4/c1-2-5-14(6-3-1)13-22-10-4-7-18(22)20-16-8-9-17-15(11-16)12-19-21-17/h1-3,5-6,8-9,11-12,18,20H,4,7,10,13H2,(H,19,21). The van der Waals surface area contributed by atoms with Crippen LogP contribution >= 0.6 is 0 Å². The summed E-state index contributed by atoms with van der Waals surface area (Å²) in [5, 5.41) is 11.9. The average Bonchev–Trinajstić information content (AvgIpc) is 3.18. The average molecular weight is 292 g/mol. The molecule has 1 saturated heterocycles. The van der Waals surface area contributed by atoms with Gasteiger partial charge in [-0.05, 0) is 36.6 Å². The molecule has 112 valence electrons. The summed E-state index contributed by atoms with van der Waals surface area (Å²) in [6.07, 6.45) is 4.72. The van der Waals surface area contributed by atoms with Gasteiger partial charge in [0.2, 0.25) is 0 Å². The molecule has 0 saturated carbocycles. The Morgan fingerprint density at radius 3 is 3.00 bits per heavy atom. The number of fused-ring (bicyclic) bond motifs is 1. The lowest BCUT2D eigenvalue weighted by Crippen LogP contribution is -2.35. The fourth-order valence-electron chi connectivity index (χ4n) is 3.22. The van der Waals surface area contributed by atoms with Gasteiger partial charge in [0, 0.05) is 24.2 Å². The SMILES string of the molecule is c1ccc(CN2CCCC2Nc2ccc3[nH]ncc3c2)cc1. The van der Waals surface area contributed by atoms with Crippen molar-refractivity contribution in [2.45, 2.75) is 25.6 Å². The fraction of sp³-hybridized carbons (Fsp3) is 0.278. The van der Waals surface area contributed by atoms with Gasteiger partial charge in [0.15, 0.2) is 0 Å². The molecule has 1 aliphatic heterocycles. The van der Waals surface area contributed by atoms with Gasteiger partial charge in [-0.1, -0.05) is 30.3 Å². The summed E-state index contributed by atoms with van der Waals surface area (Å²) in [7, 11) is 0. The molecule has 2 N–H and O–H groups in total. The van der Waals surface area contributed by atoms with Crippen LogP contribution in [0.15, 0.2) is 54.7 Å². The number of benzene rings is 2. The van der Waals surface area contributed by atoms with Crippen LogP contribution in [-0.2, 0) is 6.54 Å². The number of anilines is 1. The number of H-pyrrole nitrogens is 1. The van der Waals surface area contributed by atoms with Gasteiger partial charge in [-0.2, -0.15) is 5.10 Å². The van der Waals surface area contributed by atoms with Crippen molar-refractivity contribution in [3.63, 3.8) is 0 Å². The molecule has 0 bridgehead atoms. The van der Waals surface area contributed by atoms with Crippen LogP contribution in [0, 0.1) is 0 Å². The molecule has 4 rings (SSSR count). The predicted octanol–water partition coefficient (Wildman–Crippen LogP) is 3.60. The second-order valence-electron chi connectivity index (χ2n) is 5.93. The third-order valence-electron chi connectivity index (χ3n) is 4.37. The lowest BCUT2D eigenvalue weighted by Gasteiger charge is -2.26. The number of rotatable bonds is 4. The van der Waals surface area contributed by atoms with Gasteiger partial charge >= 0.3 is 0 Å². The van der Waals surface area contributed by atoms with Gasteiger partial charge in [0.25, 0.3) is 0 Å². The van der Waals surface area contributed by atoms with Crippen LogP contribution in [0.2, 0.25) is 0 Å². The first-order valence-electron chi connectivity index (χ1n) is 7.86. The van der Waals surface area contributed by atoms with Crippen LogP contribution < -0.4 is 5.32 Å². The molecule has 4 heteroatoms. The van der Waals surface area contributed by atoms with Crippen LogP contribution in [0.5, 0.6) is 0 Å². The van der Waals surface area contributed by atoms with E-state index in [0.717, 1.165) is 24.0 Å². The molecule has 1 atom stereocenters. The van der Waals surface area contributed by atoms with E-state index in [9.17, 15) is 0 Å². The second-order valence-corrected chi connectivity index (χ2v) is 5.93. The van der Waals surface area contributed by atoms with E-state index in [1.165, 1.54) is 24.1 Å². The van der Waals surface area contributed by atoms with E-state index in [-0.39, 0.29) is 0 Å². The lowest BCUT2D eigenvalue weighted by molar-refractivity contribution is 0.267. The van der Waals surface area contributed by atoms with Crippen LogP contribution in [-0.4, -0.2) is 27.8 Å². The zero-order chi connectivity index (χ0) is 14.8. The Morgan fingerprint density at radius 2 is 2.09 bits per heavy atom. The zero-order valence-electron chi connectivity index (χ0n) is 12.5. The Kier molecular flexibility index (Phi) is 3.52. The van der Waals surface area contributed by atoms with E-state index in [4.69, 9.17) is 0 Å². The number of aromatic nitrogens is 2. The van der Waals surface area contributed by atoms with Crippen LogP contribution in [0.4, 0.5) is 5.69 Å². The van der Waals surface area contributed by atoms with E-state index >= 15 is 0 Å². The van der Waals surface area contributed by atoms with Crippen LogP contribution in [0.1, 0.15) is 18.4 Å². The summed E-state index contributed by atoms with van der Waals surface area (Å²) in [5.41, 5.74) is 3.62. The zero-order valence-corrected chi connectivity index (χ0v) is 12.5.